The lowest BCUT2D eigenvalue weighted by Crippen LogP contribution is -2.24. The molecule has 1 N–H and O–H groups in total. The molecule has 0 saturated carbocycles. The van der Waals surface area contributed by atoms with Gasteiger partial charge in [0.1, 0.15) is 4.83 Å². The fraction of sp³-hybridized carbons (Fsp3) is 0.267. The summed E-state index contributed by atoms with van der Waals surface area (Å²) in [5.74, 6) is -0.116. The predicted molar refractivity (Wildman–Crippen MR) is 81.0 cm³/mol. The molecule has 0 saturated heterocycles. The molecule has 0 radical (unpaired) electrons. The van der Waals surface area contributed by atoms with Crippen molar-refractivity contribution in [3.05, 3.63) is 51.1 Å². The Kier molecular flexibility index (Phi) is 2.78. The lowest BCUT2D eigenvalue weighted by molar-refractivity contribution is 0.0966. The Morgan fingerprint density at radius 2 is 2.33 bits per heavy atom. The van der Waals surface area contributed by atoms with E-state index in [9.17, 15) is 9.59 Å². The Balaban J connectivity index is 1.78. The van der Waals surface area contributed by atoms with Gasteiger partial charge in [-0.05, 0) is 37.0 Å². The Hall–Kier alpha value is -2.21. The summed E-state index contributed by atoms with van der Waals surface area (Å²) >= 11 is 1.61. The highest BCUT2D eigenvalue weighted by Crippen LogP contribution is 2.34. The third-order valence-electron chi connectivity index (χ3n) is 3.90. The van der Waals surface area contributed by atoms with Crippen molar-refractivity contribution in [2.24, 2.45) is 0 Å². The van der Waals surface area contributed by atoms with Crippen LogP contribution in [-0.4, -0.2) is 20.3 Å². The highest BCUT2D eigenvalue weighted by atomic mass is 32.1. The number of fused-ring (bicyclic) bond motifs is 3. The van der Waals surface area contributed by atoms with Crippen molar-refractivity contribution in [2.45, 2.75) is 25.8 Å². The van der Waals surface area contributed by atoms with Gasteiger partial charge in [-0.2, -0.15) is 0 Å². The average molecular weight is 299 g/mol. The number of carbonyl (C=O) groups is 1. The van der Waals surface area contributed by atoms with Gasteiger partial charge in [0.2, 0.25) is 0 Å². The molecule has 1 aliphatic carbocycles. The summed E-state index contributed by atoms with van der Waals surface area (Å²) in [4.78, 5) is 34.0. The largest absolute Gasteiger partial charge is 0.359 e. The molecule has 0 aromatic carbocycles. The van der Waals surface area contributed by atoms with Gasteiger partial charge in [-0.3, -0.25) is 14.2 Å². The Morgan fingerprint density at radius 1 is 1.43 bits per heavy atom. The highest BCUT2D eigenvalue weighted by molar-refractivity contribution is 7.18. The first-order valence-electron chi connectivity index (χ1n) is 6.90. The standard InChI is InChI=1S/C15H13N3O2S/c19-11(10-4-2-6-16-10)7-18-8-17-14-13(15(18)20)9-3-1-5-12(9)21-14/h2,4,6,8,16H,1,3,5,7H2. The van der Waals surface area contributed by atoms with E-state index in [1.165, 1.54) is 15.8 Å². The topological polar surface area (TPSA) is 67.8 Å². The first-order chi connectivity index (χ1) is 10.2. The second kappa shape index (κ2) is 4.66. The monoisotopic (exact) mass is 299 g/mol. The maximum Gasteiger partial charge on any atom is 0.262 e. The van der Waals surface area contributed by atoms with Crippen LogP contribution in [0.3, 0.4) is 0 Å². The highest BCUT2D eigenvalue weighted by Gasteiger charge is 2.21. The van der Waals surface area contributed by atoms with Crippen LogP contribution < -0.4 is 5.56 Å². The summed E-state index contributed by atoms with van der Waals surface area (Å²) in [6, 6.07) is 3.48. The number of H-pyrrole nitrogens is 1. The molecule has 0 fully saturated rings. The minimum absolute atomic E-state index is 0.0207. The zero-order valence-corrected chi connectivity index (χ0v) is 12.1. The summed E-state index contributed by atoms with van der Waals surface area (Å²) in [6.45, 7) is 0.0207. The molecule has 3 heterocycles. The number of rotatable bonds is 3. The fourth-order valence-corrected chi connectivity index (χ4v) is 4.10. The summed E-state index contributed by atoms with van der Waals surface area (Å²) in [6.07, 6.45) is 6.27. The van der Waals surface area contributed by atoms with E-state index in [0.717, 1.165) is 29.7 Å². The lowest BCUT2D eigenvalue weighted by atomic mass is 10.2. The molecule has 1 aliphatic rings. The van der Waals surface area contributed by atoms with Gasteiger partial charge in [0.15, 0.2) is 5.78 Å². The number of ketones is 1. The van der Waals surface area contributed by atoms with E-state index in [0.29, 0.717) is 11.1 Å². The van der Waals surface area contributed by atoms with Crippen LogP contribution in [0.2, 0.25) is 0 Å². The number of hydrogen-bond donors (Lipinski definition) is 1. The van der Waals surface area contributed by atoms with Crippen molar-refractivity contribution >= 4 is 27.3 Å². The zero-order valence-electron chi connectivity index (χ0n) is 11.3. The number of Topliss-reactive ketones (excluding diaryl/α,β-unsaturated/α-hetero) is 1. The molecular weight excluding hydrogens is 286 g/mol. The molecule has 0 bridgehead atoms. The summed E-state index contributed by atoms with van der Waals surface area (Å²) in [5, 5.41) is 0.717. The molecule has 0 amide bonds. The maximum atomic E-state index is 12.6. The minimum Gasteiger partial charge on any atom is -0.359 e. The number of aromatic amines is 1. The third-order valence-corrected chi connectivity index (χ3v) is 5.10. The Bertz CT molecular complexity index is 890. The van der Waals surface area contributed by atoms with E-state index in [-0.39, 0.29) is 17.9 Å². The van der Waals surface area contributed by atoms with Crippen LogP contribution in [0.15, 0.2) is 29.5 Å². The molecule has 21 heavy (non-hydrogen) atoms. The SMILES string of the molecule is O=C(Cn1cnc2sc3c(c2c1=O)CCC3)c1ccc[nH]1. The van der Waals surface area contributed by atoms with Crippen molar-refractivity contribution in [2.75, 3.05) is 0 Å². The van der Waals surface area contributed by atoms with Gasteiger partial charge in [0.05, 0.1) is 24.0 Å². The normalized spacial score (nSPS) is 13.7. The Labute approximate surface area is 124 Å². The van der Waals surface area contributed by atoms with Crippen LogP contribution in [0.4, 0.5) is 0 Å². The molecule has 0 spiro atoms. The van der Waals surface area contributed by atoms with Crippen molar-refractivity contribution in [1.82, 2.24) is 14.5 Å². The van der Waals surface area contributed by atoms with Crippen molar-refractivity contribution < 1.29 is 4.79 Å². The predicted octanol–water partition coefficient (Wildman–Crippen LogP) is 2.16. The average Bonchev–Trinajstić information content (AvgIpc) is 3.16. The van der Waals surface area contributed by atoms with Gasteiger partial charge >= 0.3 is 0 Å². The quantitative estimate of drug-likeness (QED) is 0.754. The second-order valence-corrected chi connectivity index (χ2v) is 6.31. The van der Waals surface area contributed by atoms with E-state index in [1.54, 1.807) is 29.7 Å². The third kappa shape index (κ3) is 1.94. The van der Waals surface area contributed by atoms with Crippen molar-refractivity contribution in [1.29, 1.82) is 0 Å². The van der Waals surface area contributed by atoms with Crippen LogP contribution in [0.25, 0.3) is 10.2 Å². The fourth-order valence-electron chi connectivity index (χ4n) is 2.88. The molecule has 3 aromatic heterocycles. The van der Waals surface area contributed by atoms with Gasteiger partial charge < -0.3 is 4.98 Å². The van der Waals surface area contributed by atoms with Gasteiger partial charge in [-0.15, -0.1) is 11.3 Å². The van der Waals surface area contributed by atoms with Crippen LogP contribution >= 0.6 is 11.3 Å². The molecule has 5 nitrogen and oxygen atoms in total. The van der Waals surface area contributed by atoms with E-state index in [1.807, 2.05) is 0 Å². The number of hydrogen-bond acceptors (Lipinski definition) is 4. The number of nitrogens with zero attached hydrogens (tertiary/aromatic N) is 2. The zero-order chi connectivity index (χ0) is 14.4. The van der Waals surface area contributed by atoms with E-state index >= 15 is 0 Å². The van der Waals surface area contributed by atoms with Gasteiger partial charge in [-0.25, -0.2) is 4.98 Å². The van der Waals surface area contributed by atoms with E-state index in [4.69, 9.17) is 0 Å². The molecule has 0 atom stereocenters. The van der Waals surface area contributed by atoms with Gasteiger partial charge in [-0.1, -0.05) is 0 Å². The molecule has 3 aromatic rings. The van der Waals surface area contributed by atoms with Gasteiger partial charge in [0.25, 0.3) is 5.56 Å². The van der Waals surface area contributed by atoms with Crippen LogP contribution in [0.1, 0.15) is 27.3 Å². The number of aromatic nitrogens is 3. The summed E-state index contributed by atoms with van der Waals surface area (Å²) < 4.78 is 1.41. The number of carbonyl (C=O) groups excluding carboxylic acids is 1. The smallest absolute Gasteiger partial charge is 0.262 e. The van der Waals surface area contributed by atoms with Crippen LogP contribution in [-0.2, 0) is 19.4 Å². The van der Waals surface area contributed by atoms with Gasteiger partial charge in [0, 0.05) is 11.1 Å². The molecule has 4 rings (SSSR count). The Morgan fingerprint density at radius 3 is 3.14 bits per heavy atom. The van der Waals surface area contributed by atoms with Crippen LogP contribution in [0.5, 0.6) is 0 Å². The number of aryl methyl sites for hydroxylation is 2. The van der Waals surface area contributed by atoms with E-state index < -0.39 is 0 Å². The molecule has 6 heteroatoms. The van der Waals surface area contributed by atoms with Crippen LogP contribution in [0, 0.1) is 0 Å². The summed E-state index contributed by atoms with van der Waals surface area (Å²) in [5.41, 5.74) is 1.56. The second-order valence-electron chi connectivity index (χ2n) is 5.22. The first-order valence-corrected chi connectivity index (χ1v) is 7.72. The number of thiophene rings is 1. The van der Waals surface area contributed by atoms with Crippen molar-refractivity contribution in [3.63, 3.8) is 0 Å². The lowest BCUT2D eigenvalue weighted by Gasteiger charge is -2.04. The number of nitrogens with one attached hydrogen (secondary N) is 1. The molecular formula is C15H13N3O2S. The maximum absolute atomic E-state index is 12.6. The van der Waals surface area contributed by atoms with Crippen molar-refractivity contribution in [3.8, 4) is 0 Å². The molecule has 0 unspecified atom stereocenters. The summed E-state index contributed by atoms with van der Waals surface area (Å²) in [7, 11) is 0. The molecule has 106 valence electrons. The molecule has 0 aliphatic heterocycles. The minimum atomic E-state index is -0.116. The van der Waals surface area contributed by atoms with E-state index in [2.05, 4.69) is 9.97 Å². The first kappa shape index (κ1) is 12.5.